The van der Waals surface area contributed by atoms with Crippen molar-refractivity contribution in [1.82, 2.24) is 0 Å². The van der Waals surface area contributed by atoms with Crippen molar-refractivity contribution < 1.29 is 0 Å². The lowest BCUT2D eigenvalue weighted by Crippen LogP contribution is -1.73. The Morgan fingerprint density at radius 2 is 1.71 bits per heavy atom. The third-order valence-corrected chi connectivity index (χ3v) is 3.35. The molecule has 0 N–H and O–H groups in total. The van der Waals surface area contributed by atoms with E-state index in [9.17, 15) is 0 Å². The van der Waals surface area contributed by atoms with Crippen LogP contribution in [-0.2, 0) is 0 Å². The highest BCUT2D eigenvalue weighted by Gasteiger charge is 1.99. The smallest absolute Gasteiger partial charge is 0.0423 e. The molecule has 1 rings (SSSR count). The van der Waals surface area contributed by atoms with Gasteiger partial charge in [0.25, 0.3) is 0 Å². The molecule has 0 aromatic heterocycles. The maximum atomic E-state index is 3.98. The van der Waals surface area contributed by atoms with Gasteiger partial charge in [-0.2, -0.15) is 0 Å². The number of aryl methyl sites for hydroxylation is 1. The molecule has 74 valence electrons. The van der Waals surface area contributed by atoms with Crippen molar-refractivity contribution in [1.29, 1.82) is 0 Å². The van der Waals surface area contributed by atoms with Crippen LogP contribution in [-0.4, -0.2) is 0 Å². The summed E-state index contributed by atoms with van der Waals surface area (Å²) in [6.07, 6.45) is 0. The fourth-order valence-electron chi connectivity index (χ4n) is 0.953. The molecule has 0 atom stereocenters. The number of hydrogen-bond acceptors (Lipinski definition) is 2. The Bertz CT molecular complexity index is 336. The Morgan fingerprint density at radius 1 is 1.14 bits per heavy atom. The van der Waals surface area contributed by atoms with Crippen LogP contribution < -0.4 is 0 Å². The van der Waals surface area contributed by atoms with Crippen LogP contribution in [0.25, 0.3) is 0 Å². The molecule has 1 aromatic rings. The van der Waals surface area contributed by atoms with E-state index in [2.05, 4.69) is 44.3 Å². The lowest BCUT2D eigenvalue weighted by Gasteiger charge is -2.04. The van der Waals surface area contributed by atoms with Crippen molar-refractivity contribution in [2.75, 3.05) is 0 Å². The Balaban J connectivity index is 2.56. The van der Waals surface area contributed by atoms with Gasteiger partial charge in [0.15, 0.2) is 0 Å². The summed E-state index contributed by atoms with van der Waals surface area (Å²) in [6, 6.07) is 8.45. The van der Waals surface area contributed by atoms with E-state index in [1.54, 1.807) is 23.5 Å². The van der Waals surface area contributed by atoms with Crippen LogP contribution in [0.15, 0.2) is 51.5 Å². The fourth-order valence-corrected chi connectivity index (χ4v) is 2.76. The molecule has 0 aliphatic rings. The summed E-state index contributed by atoms with van der Waals surface area (Å²) in [6.45, 7) is 11.9. The molecule has 0 amide bonds. The summed E-state index contributed by atoms with van der Waals surface area (Å²) >= 11 is 3.32. The first-order valence-corrected chi connectivity index (χ1v) is 5.98. The van der Waals surface area contributed by atoms with Crippen LogP contribution in [0.1, 0.15) is 12.5 Å². The van der Waals surface area contributed by atoms with Gasteiger partial charge in [0, 0.05) is 9.13 Å². The zero-order chi connectivity index (χ0) is 10.6. The number of benzene rings is 1. The predicted octanol–water partition coefficient (Wildman–Crippen LogP) is 4.83. The summed E-state index contributed by atoms with van der Waals surface area (Å²) in [5.74, 6) is 0. The van der Waals surface area contributed by atoms with Gasteiger partial charge < -0.3 is 0 Å². The first-order valence-electron chi connectivity index (χ1n) is 4.34. The first-order chi connectivity index (χ1) is 6.58. The molecule has 0 aliphatic carbocycles. The van der Waals surface area contributed by atoms with Crippen molar-refractivity contribution >= 4 is 23.5 Å². The van der Waals surface area contributed by atoms with E-state index >= 15 is 0 Å². The molecular formula is C12H14S2. The van der Waals surface area contributed by atoms with Gasteiger partial charge in [-0.05, 0) is 30.9 Å². The van der Waals surface area contributed by atoms with Crippen LogP contribution in [0.5, 0.6) is 0 Å². The van der Waals surface area contributed by atoms with Crippen LogP contribution in [0.2, 0.25) is 0 Å². The Morgan fingerprint density at radius 3 is 2.21 bits per heavy atom. The molecular weight excluding hydrogens is 208 g/mol. The van der Waals surface area contributed by atoms with Gasteiger partial charge in [0.05, 0.1) is 0 Å². The van der Waals surface area contributed by atoms with Crippen LogP contribution in [0.3, 0.4) is 0 Å². The molecule has 0 unspecified atom stereocenters. The van der Waals surface area contributed by atoms with E-state index in [-0.39, 0.29) is 0 Å². The summed E-state index contributed by atoms with van der Waals surface area (Å²) in [5, 5.41) is 0. The normalized spacial score (nSPS) is 9.86. The average molecular weight is 222 g/mol. The van der Waals surface area contributed by atoms with Gasteiger partial charge in [-0.1, -0.05) is 54.4 Å². The molecule has 0 heterocycles. The second-order valence-corrected chi connectivity index (χ2v) is 5.91. The van der Waals surface area contributed by atoms with E-state index in [1.165, 1.54) is 10.5 Å². The third kappa shape index (κ3) is 4.07. The minimum Gasteiger partial charge on any atom is -0.0894 e. The van der Waals surface area contributed by atoms with Crippen LogP contribution >= 0.6 is 23.5 Å². The predicted molar refractivity (Wildman–Crippen MR) is 68.6 cm³/mol. The Labute approximate surface area is 94.5 Å². The molecule has 1 aromatic carbocycles. The Hall–Kier alpha value is -0.600. The maximum Gasteiger partial charge on any atom is 0.0423 e. The van der Waals surface area contributed by atoms with Gasteiger partial charge in [0.1, 0.15) is 0 Å². The highest BCUT2D eigenvalue weighted by molar-refractivity contribution is 8.23. The number of rotatable bonds is 4. The number of thioether (sulfide) groups is 2. The number of hydrogen-bond donors (Lipinski definition) is 0. The largest absolute Gasteiger partial charge is 0.0894 e. The van der Waals surface area contributed by atoms with Crippen molar-refractivity contribution in [3.8, 4) is 0 Å². The second-order valence-electron chi connectivity index (χ2n) is 3.09. The molecule has 14 heavy (non-hydrogen) atoms. The summed E-state index contributed by atoms with van der Waals surface area (Å²) < 4.78 is 1.07. The molecule has 0 nitrogen and oxygen atoms in total. The Kier molecular flexibility index (Phi) is 4.36. The number of allylic oxidation sites excluding steroid dienone is 1. The molecule has 0 saturated heterocycles. The third-order valence-electron chi connectivity index (χ3n) is 1.54. The van der Waals surface area contributed by atoms with E-state index in [4.69, 9.17) is 0 Å². The summed E-state index contributed by atoms with van der Waals surface area (Å²) in [5.41, 5.74) is 1.28. The minimum atomic E-state index is 1.07. The van der Waals surface area contributed by atoms with Gasteiger partial charge in [-0.15, -0.1) is 0 Å². The van der Waals surface area contributed by atoms with Gasteiger partial charge in [-0.25, -0.2) is 0 Å². The van der Waals surface area contributed by atoms with Crippen LogP contribution in [0, 0.1) is 6.92 Å². The molecule has 0 spiro atoms. The zero-order valence-corrected chi connectivity index (χ0v) is 10.2. The van der Waals surface area contributed by atoms with E-state index in [0.717, 1.165) is 9.14 Å². The highest BCUT2D eigenvalue weighted by Crippen LogP contribution is 2.36. The first kappa shape index (κ1) is 11.5. The maximum absolute atomic E-state index is 3.98. The van der Waals surface area contributed by atoms with Gasteiger partial charge in [0.2, 0.25) is 0 Å². The van der Waals surface area contributed by atoms with E-state index in [0.29, 0.717) is 0 Å². The zero-order valence-electron chi connectivity index (χ0n) is 8.54. The van der Waals surface area contributed by atoms with Crippen molar-refractivity contribution in [2.45, 2.75) is 18.7 Å². The quantitative estimate of drug-likeness (QED) is 0.669. The van der Waals surface area contributed by atoms with Crippen LogP contribution in [0.4, 0.5) is 0 Å². The average Bonchev–Trinajstić information content (AvgIpc) is 2.07. The lowest BCUT2D eigenvalue weighted by molar-refractivity contribution is 1.38. The van der Waals surface area contributed by atoms with Crippen molar-refractivity contribution in [3.05, 3.63) is 52.1 Å². The molecule has 0 saturated carbocycles. The minimum absolute atomic E-state index is 1.07. The van der Waals surface area contributed by atoms with Crippen molar-refractivity contribution in [2.24, 2.45) is 0 Å². The van der Waals surface area contributed by atoms with E-state index < -0.39 is 0 Å². The highest BCUT2D eigenvalue weighted by atomic mass is 32.2. The monoisotopic (exact) mass is 222 g/mol. The molecule has 0 radical (unpaired) electrons. The van der Waals surface area contributed by atoms with Crippen molar-refractivity contribution in [3.63, 3.8) is 0 Å². The molecule has 0 aliphatic heterocycles. The molecule has 0 fully saturated rings. The van der Waals surface area contributed by atoms with E-state index in [1.807, 2.05) is 6.92 Å². The SMILES string of the molecule is C=C(C)SC(=C)Sc1ccc(C)cc1. The second kappa shape index (κ2) is 5.32. The molecule has 0 bridgehead atoms. The van der Waals surface area contributed by atoms with Gasteiger partial charge >= 0.3 is 0 Å². The summed E-state index contributed by atoms with van der Waals surface area (Å²) in [4.78, 5) is 2.31. The fraction of sp³-hybridized carbons (Fsp3) is 0.167. The topological polar surface area (TPSA) is 0 Å². The lowest BCUT2D eigenvalue weighted by atomic mass is 10.2. The summed E-state index contributed by atoms with van der Waals surface area (Å²) in [7, 11) is 0. The standard InChI is InChI=1S/C12H14S2/c1-9(2)13-11(4)14-12-7-5-10(3)6-8-12/h5-8H,1,4H2,2-3H3. The molecule has 2 heteroatoms. The van der Waals surface area contributed by atoms with Gasteiger partial charge in [-0.3, -0.25) is 0 Å².